The standard InChI is InChI=1S/C13H11BrN2O3/c1-15-10-6-11(16(17)18)8-13(7-10)19-12-4-2-9(14)3-5-12/h2-8,15H,1H3. The van der Waals surface area contributed by atoms with Crippen molar-refractivity contribution in [3.05, 3.63) is 57.1 Å². The van der Waals surface area contributed by atoms with Crippen LogP contribution in [0.5, 0.6) is 11.5 Å². The Labute approximate surface area is 118 Å². The second-order valence-corrected chi connectivity index (χ2v) is 4.69. The van der Waals surface area contributed by atoms with E-state index in [0.29, 0.717) is 17.2 Å². The van der Waals surface area contributed by atoms with Gasteiger partial charge in [-0.2, -0.15) is 0 Å². The van der Waals surface area contributed by atoms with Crippen LogP contribution < -0.4 is 10.1 Å². The van der Waals surface area contributed by atoms with E-state index in [4.69, 9.17) is 4.74 Å². The van der Waals surface area contributed by atoms with Gasteiger partial charge in [0.1, 0.15) is 11.5 Å². The fraction of sp³-hybridized carbons (Fsp3) is 0.0769. The Kier molecular flexibility index (Phi) is 4.01. The normalized spacial score (nSPS) is 10.0. The van der Waals surface area contributed by atoms with Gasteiger partial charge in [0, 0.05) is 29.3 Å². The first-order valence-electron chi connectivity index (χ1n) is 5.49. The van der Waals surface area contributed by atoms with E-state index in [1.807, 2.05) is 12.1 Å². The molecule has 2 aromatic carbocycles. The highest BCUT2D eigenvalue weighted by Crippen LogP contribution is 2.29. The molecule has 0 saturated carbocycles. The number of nitrogens with one attached hydrogen (secondary N) is 1. The van der Waals surface area contributed by atoms with Crippen molar-refractivity contribution >= 4 is 27.3 Å². The van der Waals surface area contributed by atoms with Gasteiger partial charge in [0.2, 0.25) is 0 Å². The number of anilines is 1. The molecule has 0 heterocycles. The molecule has 0 aliphatic carbocycles. The summed E-state index contributed by atoms with van der Waals surface area (Å²) < 4.78 is 6.54. The highest BCUT2D eigenvalue weighted by molar-refractivity contribution is 9.10. The SMILES string of the molecule is CNc1cc(Oc2ccc(Br)cc2)cc([N+](=O)[O-])c1. The highest BCUT2D eigenvalue weighted by atomic mass is 79.9. The van der Waals surface area contributed by atoms with E-state index in [-0.39, 0.29) is 5.69 Å². The molecule has 0 bridgehead atoms. The van der Waals surface area contributed by atoms with Crippen LogP contribution in [0.1, 0.15) is 0 Å². The minimum atomic E-state index is -0.449. The number of benzene rings is 2. The number of halogens is 1. The van der Waals surface area contributed by atoms with Gasteiger partial charge >= 0.3 is 0 Å². The van der Waals surface area contributed by atoms with E-state index in [1.165, 1.54) is 12.1 Å². The summed E-state index contributed by atoms with van der Waals surface area (Å²) in [7, 11) is 1.70. The van der Waals surface area contributed by atoms with Crippen LogP contribution in [0.2, 0.25) is 0 Å². The molecule has 0 fully saturated rings. The lowest BCUT2D eigenvalue weighted by atomic mass is 10.2. The third-order valence-electron chi connectivity index (χ3n) is 2.44. The second-order valence-electron chi connectivity index (χ2n) is 3.78. The quantitative estimate of drug-likeness (QED) is 0.677. The van der Waals surface area contributed by atoms with E-state index >= 15 is 0 Å². The van der Waals surface area contributed by atoms with Gasteiger partial charge in [-0.3, -0.25) is 10.1 Å². The van der Waals surface area contributed by atoms with Crippen molar-refractivity contribution < 1.29 is 9.66 Å². The lowest BCUT2D eigenvalue weighted by Gasteiger charge is -2.08. The Bertz CT molecular complexity index is 599. The maximum absolute atomic E-state index is 10.8. The molecule has 98 valence electrons. The number of nitro groups is 1. The van der Waals surface area contributed by atoms with E-state index in [9.17, 15) is 10.1 Å². The van der Waals surface area contributed by atoms with Gasteiger partial charge in [0.25, 0.3) is 5.69 Å². The van der Waals surface area contributed by atoms with Crippen LogP contribution in [0, 0.1) is 10.1 Å². The summed E-state index contributed by atoms with van der Waals surface area (Å²) in [5, 5.41) is 13.7. The van der Waals surface area contributed by atoms with Crippen molar-refractivity contribution in [1.29, 1.82) is 0 Å². The molecule has 0 spiro atoms. The van der Waals surface area contributed by atoms with Gasteiger partial charge < -0.3 is 10.1 Å². The number of nitro benzene ring substituents is 1. The molecular formula is C13H11BrN2O3. The molecule has 0 unspecified atom stereocenters. The zero-order valence-corrected chi connectivity index (χ0v) is 11.7. The predicted octanol–water partition coefficient (Wildman–Crippen LogP) is 4.19. The van der Waals surface area contributed by atoms with Crippen LogP contribution in [0.4, 0.5) is 11.4 Å². The van der Waals surface area contributed by atoms with Crippen molar-refractivity contribution in [1.82, 2.24) is 0 Å². The molecular weight excluding hydrogens is 312 g/mol. The summed E-state index contributed by atoms with van der Waals surface area (Å²) in [6.07, 6.45) is 0. The Morgan fingerprint density at radius 2 is 1.84 bits per heavy atom. The monoisotopic (exact) mass is 322 g/mol. The Balaban J connectivity index is 2.31. The van der Waals surface area contributed by atoms with Crippen LogP contribution in [0.3, 0.4) is 0 Å². The zero-order valence-electron chi connectivity index (χ0n) is 10.1. The molecule has 2 rings (SSSR count). The Hall–Kier alpha value is -2.08. The lowest BCUT2D eigenvalue weighted by Crippen LogP contribution is -1.94. The molecule has 0 radical (unpaired) electrons. The topological polar surface area (TPSA) is 64.4 Å². The predicted molar refractivity (Wildman–Crippen MR) is 76.9 cm³/mol. The van der Waals surface area contributed by atoms with Gasteiger partial charge in [-0.05, 0) is 24.3 Å². The fourth-order valence-electron chi connectivity index (χ4n) is 1.53. The van der Waals surface area contributed by atoms with E-state index in [2.05, 4.69) is 21.2 Å². The van der Waals surface area contributed by atoms with Gasteiger partial charge in [-0.15, -0.1) is 0 Å². The first kappa shape index (κ1) is 13.4. The molecule has 0 atom stereocenters. The fourth-order valence-corrected chi connectivity index (χ4v) is 1.80. The Morgan fingerprint density at radius 1 is 1.16 bits per heavy atom. The maximum Gasteiger partial charge on any atom is 0.275 e. The van der Waals surface area contributed by atoms with Crippen LogP contribution in [-0.4, -0.2) is 12.0 Å². The highest BCUT2D eigenvalue weighted by Gasteiger charge is 2.10. The van der Waals surface area contributed by atoms with Crippen molar-refractivity contribution in [3.8, 4) is 11.5 Å². The van der Waals surface area contributed by atoms with E-state index in [0.717, 1.165) is 4.47 Å². The van der Waals surface area contributed by atoms with Crippen molar-refractivity contribution in [3.63, 3.8) is 0 Å². The number of non-ortho nitro benzene ring substituents is 1. The van der Waals surface area contributed by atoms with Gasteiger partial charge in [0.15, 0.2) is 0 Å². The molecule has 1 N–H and O–H groups in total. The van der Waals surface area contributed by atoms with E-state index < -0.39 is 4.92 Å². The maximum atomic E-state index is 10.8. The average molecular weight is 323 g/mol. The average Bonchev–Trinajstić information content (AvgIpc) is 2.41. The van der Waals surface area contributed by atoms with Crippen LogP contribution in [0.15, 0.2) is 46.9 Å². The summed E-state index contributed by atoms with van der Waals surface area (Å²) >= 11 is 3.33. The zero-order chi connectivity index (χ0) is 13.8. The first-order chi connectivity index (χ1) is 9.08. The van der Waals surface area contributed by atoms with Crippen LogP contribution >= 0.6 is 15.9 Å². The van der Waals surface area contributed by atoms with Crippen molar-refractivity contribution in [2.24, 2.45) is 0 Å². The molecule has 5 nitrogen and oxygen atoms in total. The van der Waals surface area contributed by atoms with E-state index in [1.54, 1.807) is 25.2 Å². The molecule has 19 heavy (non-hydrogen) atoms. The molecule has 0 aliphatic rings. The molecule has 0 amide bonds. The molecule has 2 aromatic rings. The summed E-state index contributed by atoms with van der Waals surface area (Å²) in [6, 6.07) is 11.8. The molecule has 0 aliphatic heterocycles. The Morgan fingerprint density at radius 3 is 2.42 bits per heavy atom. The van der Waals surface area contributed by atoms with Gasteiger partial charge in [-0.1, -0.05) is 15.9 Å². The third-order valence-corrected chi connectivity index (χ3v) is 2.97. The van der Waals surface area contributed by atoms with Crippen LogP contribution in [-0.2, 0) is 0 Å². The largest absolute Gasteiger partial charge is 0.457 e. The minimum absolute atomic E-state index is 0.0149. The summed E-state index contributed by atoms with van der Waals surface area (Å²) in [5.74, 6) is 1.03. The summed E-state index contributed by atoms with van der Waals surface area (Å²) in [6.45, 7) is 0. The minimum Gasteiger partial charge on any atom is -0.457 e. The number of hydrogen-bond donors (Lipinski definition) is 1. The second kappa shape index (κ2) is 5.71. The van der Waals surface area contributed by atoms with Crippen molar-refractivity contribution in [2.75, 3.05) is 12.4 Å². The van der Waals surface area contributed by atoms with Crippen LogP contribution in [0.25, 0.3) is 0 Å². The molecule has 0 aromatic heterocycles. The summed E-state index contributed by atoms with van der Waals surface area (Å²) in [4.78, 5) is 10.4. The van der Waals surface area contributed by atoms with Gasteiger partial charge in [0.05, 0.1) is 11.0 Å². The number of rotatable bonds is 4. The smallest absolute Gasteiger partial charge is 0.275 e. The summed E-state index contributed by atoms with van der Waals surface area (Å²) in [5.41, 5.74) is 0.611. The van der Waals surface area contributed by atoms with Gasteiger partial charge in [-0.25, -0.2) is 0 Å². The number of nitrogens with zero attached hydrogens (tertiary/aromatic N) is 1. The number of ether oxygens (including phenoxy) is 1. The lowest BCUT2D eigenvalue weighted by molar-refractivity contribution is -0.384. The first-order valence-corrected chi connectivity index (χ1v) is 6.28. The molecule has 6 heteroatoms. The number of hydrogen-bond acceptors (Lipinski definition) is 4. The third kappa shape index (κ3) is 3.45. The molecule has 0 saturated heterocycles. The van der Waals surface area contributed by atoms with Crippen molar-refractivity contribution in [2.45, 2.75) is 0 Å².